The molecule has 0 bridgehead atoms. The van der Waals surface area contributed by atoms with Gasteiger partial charge in [0.05, 0.1) is 16.8 Å². The Morgan fingerprint density at radius 2 is 1.90 bits per heavy atom. The van der Waals surface area contributed by atoms with Gasteiger partial charge < -0.3 is 9.84 Å². The summed E-state index contributed by atoms with van der Waals surface area (Å²) in [6, 6.07) is 10.3. The maximum Gasteiger partial charge on any atom is 0.157 e. The van der Waals surface area contributed by atoms with E-state index in [1.54, 1.807) is 24.3 Å². The minimum atomic E-state index is 0.00378. The van der Waals surface area contributed by atoms with Crippen LogP contribution in [0.15, 0.2) is 51.1 Å². The molecule has 0 aliphatic rings. The minimum absolute atomic E-state index is 0.00378. The average Bonchev–Trinajstić information content (AvgIpc) is 2.43. The average molecular weight is 356 g/mol. The van der Waals surface area contributed by atoms with Crippen molar-refractivity contribution in [3.8, 4) is 11.5 Å². The lowest BCUT2D eigenvalue weighted by molar-refractivity contribution is 0.340. The molecular weight excluding hydrogens is 344 g/mol. The number of aromatic hydroxyl groups is 1. The van der Waals surface area contributed by atoms with Crippen LogP contribution in [0.2, 0.25) is 5.02 Å². The smallest absolute Gasteiger partial charge is 0.157 e. The van der Waals surface area contributed by atoms with Crippen LogP contribution < -0.4 is 4.74 Å². The van der Waals surface area contributed by atoms with Crippen LogP contribution in [0, 0.1) is 0 Å². The van der Waals surface area contributed by atoms with Crippen molar-refractivity contribution in [1.82, 2.24) is 0 Å². The molecule has 6 heteroatoms. The standard InChI is InChI=1S/C14H12BrClN2O2/c1-2-20-11-5-3-10(4-6-11)17-18-13-8-9(16)7-12(15)14(13)19/h3-8,19H,2H2,1H3. The molecule has 1 N–H and O–H groups in total. The summed E-state index contributed by atoms with van der Waals surface area (Å²) < 4.78 is 5.82. The predicted molar refractivity (Wildman–Crippen MR) is 82.6 cm³/mol. The summed E-state index contributed by atoms with van der Waals surface area (Å²) in [5.41, 5.74) is 0.960. The number of hydrogen-bond acceptors (Lipinski definition) is 4. The Labute approximate surface area is 130 Å². The highest BCUT2D eigenvalue weighted by molar-refractivity contribution is 9.10. The first-order chi connectivity index (χ1) is 9.60. The molecule has 2 aromatic carbocycles. The number of benzene rings is 2. The summed E-state index contributed by atoms with van der Waals surface area (Å²) in [6.45, 7) is 2.54. The molecule has 104 valence electrons. The molecule has 0 amide bonds. The van der Waals surface area contributed by atoms with Gasteiger partial charge in [-0.05, 0) is 59.3 Å². The molecule has 0 saturated heterocycles. The van der Waals surface area contributed by atoms with Gasteiger partial charge in [0, 0.05) is 5.02 Å². The fraction of sp³-hybridized carbons (Fsp3) is 0.143. The molecule has 4 nitrogen and oxygen atoms in total. The van der Waals surface area contributed by atoms with Crippen molar-refractivity contribution < 1.29 is 9.84 Å². The zero-order valence-corrected chi connectivity index (χ0v) is 13.0. The first-order valence-electron chi connectivity index (χ1n) is 5.92. The van der Waals surface area contributed by atoms with Gasteiger partial charge in [0.15, 0.2) is 5.75 Å². The molecule has 0 fully saturated rings. The second-order valence-corrected chi connectivity index (χ2v) is 5.17. The van der Waals surface area contributed by atoms with E-state index >= 15 is 0 Å². The first-order valence-corrected chi connectivity index (χ1v) is 7.10. The van der Waals surface area contributed by atoms with Crippen LogP contribution in [0.5, 0.6) is 11.5 Å². The summed E-state index contributed by atoms with van der Waals surface area (Å²) in [7, 11) is 0. The van der Waals surface area contributed by atoms with Crippen LogP contribution in [0.4, 0.5) is 11.4 Å². The number of azo groups is 1. The van der Waals surface area contributed by atoms with Gasteiger partial charge in [0.1, 0.15) is 11.4 Å². The number of hydrogen-bond donors (Lipinski definition) is 1. The molecular formula is C14H12BrClN2O2. The van der Waals surface area contributed by atoms with E-state index < -0.39 is 0 Å². The van der Waals surface area contributed by atoms with Gasteiger partial charge in [-0.15, -0.1) is 5.11 Å². The van der Waals surface area contributed by atoms with Crippen LogP contribution in [0.1, 0.15) is 6.92 Å². The highest BCUT2D eigenvalue weighted by Crippen LogP contribution is 2.38. The zero-order valence-electron chi connectivity index (χ0n) is 10.7. The monoisotopic (exact) mass is 354 g/mol. The summed E-state index contributed by atoms with van der Waals surface area (Å²) in [5.74, 6) is 0.781. The van der Waals surface area contributed by atoms with Crippen molar-refractivity contribution in [1.29, 1.82) is 0 Å². The summed E-state index contributed by atoms with van der Waals surface area (Å²) in [5, 5.41) is 18.3. The van der Waals surface area contributed by atoms with Gasteiger partial charge in [0.2, 0.25) is 0 Å². The lowest BCUT2D eigenvalue weighted by atomic mass is 10.3. The maximum atomic E-state index is 9.83. The van der Waals surface area contributed by atoms with E-state index in [1.807, 2.05) is 19.1 Å². The number of phenols is 1. The van der Waals surface area contributed by atoms with Crippen molar-refractivity contribution in [3.63, 3.8) is 0 Å². The van der Waals surface area contributed by atoms with E-state index in [-0.39, 0.29) is 5.75 Å². The molecule has 0 aliphatic carbocycles. The third kappa shape index (κ3) is 3.71. The molecule has 0 saturated carbocycles. The molecule has 0 heterocycles. The van der Waals surface area contributed by atoms with Gasteiger partial charge in [0.25, 0.3) is 0 Å². The Kier molecular flexibility index (Phi) is 4.98. The van der Waals surface area contributed by atoms with E-state index in [0.29, 0.717) is 27.5 Å². The predicted octanol–water partition coefficient (Wildman–Crippen LogP) is 5.62. The highest BCUT2D eigenvalue weighted by Gasteiger charge is 2.06. The van der Waals surface area contributed by atoms with Crippen molar-refractivity contribution in [3.05, 3.63) is 45.9 Å². The molecule has 0 spiro atoms. The van der Waals surface area contributed by atoms with Crippen LogP contribution in [0.3, 0.4) is 0 Å². The van der Waals surface area contributed by atoms with Gasteiger partial charge in [-0.1, -0.05) is 11.6 Å². The summed E-state index contributed by atoms with van der Waals surface area (Å²) in [4.78, 5) is 0. The molecule has 0 atom stereocenters. The number of ether oxygens (including phenoxy) is 1. The number of nitrogens with zero attached hydrogens (tertiary/aromatic N) is 2. The summed E-state index contributed by atoms with van der Waals surface area (Å²) >= 11 is 9.10. The van der Waals surface area contributed by atoms with Crippen LogP contribution in [-0.2, 0) is 0 Å². The van der Waals surface area contributed by atoms with E-state index in [0.717, 1.165) is 5.75 Å². The molecule has 0 radical (unpaired) electrons. The normalized spacial score (nSPS) is 10.9. The fourth-order valence-corrected chi connectivity index (χ4v) is 2.31. The third-order valence-electron chi connectivity index (χ3n) is 2.43. The molecule has 2 rings (SSSR count). The van der Waals surface area contributed by atoms with Gasteiger partial charge in [-0.2, -0.15) is 5.11 Å². The maximum absolute atomic E-state index is 9.83. The molecule has 0 aliphatic heterocycles. The number of halogens is 2. The van der Waals surface area contributed by atoms with E-state index in [2.05, 4.69) is 26.2 Å². The zero-order chi connectivity index (χ0) is 14.5. The second-order valence-electron chi connectivity index (χ2n) is 3.88. The van der Waals surface area contributed by atoms with E-state index in [4.69, 9.17) is 16.3 Å². The lowest BCUT2D eigenvalue weighted by Gasteiger charge is -2.03. The van der Waals surface area contributed by atoms with Crippen molar-refractivity contribution in [2.45, 2.75) is 6.92 Å². The molecule has 0 aromatic heterocycles. The van der Waals surface area contributed by atoms with Crippen LogP contribution in [0.25, 0.3) is 0 Å². The van der Waals surface area contributed by atoms with Crippen molar-refractivity contribution in [2.24, 2.45) is 10.2 Å². The van der Waals surface area contributed by atoms with Crippen LogP contribution >= 0.6 is 27.5 Å². The Hall–Kier alpha value is -1.59. The van der Waals surface area contributed by atoms with Crippen LogP contribution in [-0.4, -0.2) is 11.7 Å². The fourth-order valence-electron chi connectivity index (χ4n) is 1.52. The first kappa shape index (κ1) is 14.8. The van der Waals surface area contributed by atoms with Gasteiger partial charge in [-0.3, -0.25) is 0 Å². The largest absolute Gasteiger partial charge is 0.505 e. The number of phenolic OH excluding ortho intramolecular Hbond substituents is 1. The van der Waals surface area contributed by atoms with Gasteiger partial charge in [-0.25, -0.2) is 0 Å². The molecule has 2 aromatic rings. The SMILES string of the molecule is CCOc1ccc(N=Nc2cc(Cl)cc(Br)c2O)cc1. The topological polar surface area (TPSA) is 54.2 Å². The molecule has 20 heavy (non-hydrogen) atoms. The van der Waals surface area contributed by atoms with E-state index in [9.17, 15) is 5.11 Å². The Balaban J connectivity index is 2.21. The van der Waals surface area contributed by atoms with Crippen molar-refractivity contribution >= 4 is 38.9 Å². The Morgan fingerprint density at radius 3 is 2.55 bits per heavy atom. The molecule has 0 unspecified atom stereocenters. The Bertz CT molecular complexity index is 630. The second kappa shape index (κ2) is 6.72. The summed E-state index contributed by atoms with van der Waals surface area (Å²) in [6.07, 6.45) is 0. The van der Waals surface area contributed by atoms with Gasteiger partial charge >= 0.3 is 0 Å². The van der Waals surface area contributed by atoms with E-state index in [1.165, 1.54) is 0 Å². The number of rotatable bonds is 4. The third-order valence-corrected chi connectivity index (χ3v) is 3.25. The lowest BCUT2D eigenvalue weighted by Crippen LogP contribution is -1.89. The highest BCUT2D eigenvalue weighted by atomic mass is 79.9. The Morgan fingerprint density at radius 1 is 1.20 bits per heavy atom. The van der Waals surface area contributed by atoms with Crippen molar-refractivity contribution in [2.75, 3.05) is 6.61 Å². The minimum Gasteiger partial charge on any atom is -0.505 e. The quantitative estimate of drug-likeness (QED) is 0.723.